The molecule has 2 aliphatic rings. The molecule has 11 nitrogen and oxygen atoms in total. The number of pyridine rings is 1. The van der Waals surface area contributed by atoms with E-state index >= 15 is 0 Å². The van der Waals surface area contributed by atoms with Crippen LogP contribution < -0.4 is 21.5 Å². The Bertz CT molecular complexity index is 1280. The normalized spacial score (nSPS) is 24.1. The van der Waals surface area contributed by atoms with Crippen molar-refractivity contribution < 1.29 is 14.6 Å². The molecule has 2 fully saturated rings. The first-order chi connectivity index (χ1) is 17.0. The van der Waals surface area contributed by atoms with Gasteiger partial charge in [0.25, 0.3) is 11.5 Å². The van der Waals surface area contributed by atoms with Crippen molar-refractivity contribution in [2.45, 2.75) is 62.8 Å². The number of rotatable bonds is 7. The number of anilines is 3. The number of amides is 1. The minimum absolute atomic E-state index is 0.0179. The Kier molecular flexibility index (Phi) is 6.44. The van der Waals surface area contributed by atoms with Crippen molar-refractivity contribution in [3.05, 3.63) is 46.5 Å². The van der Waals surface area contributed by atoms with Crippen molar-refractivity contribution >= 4 is 28.9 Å². The highest BCUT2D eigenvalue weighted by molar-refractivity contribution is 6.00. The van der Waals surface area contributed by atoms with Crippen molar-refractivity contribution in [3.8, 4) is 0 Å². The van der Waals surface area contributed by atoms with Crippen LogP contribution in [0.2, 0.25) is 0 Å². The molecule has 0 bridgehead atoms. The molecule has 0 spiro atoms. The maximum absolute atomic E-state index is 13.2. The van der Waals surface area contributed by atoms with Gasteiger partial charge in [-0.25, -0.2) is 4.98 Å². The number of nitrogens with zero attached hydrogens (tertiary/aromatic N) is 4. The van der Waals surface area contributed by atoms with Gasteiger partial charge in [0.1, 0.15) is 22.9 Å². The summed E-state index contributed by atoms with van der Waals surface area (Å²) in [7, 11) is 3.40. The third-order valence-electron chi connectivity index (χ3n) is 7.05. The monoisotopic (exact) mass is 481 g/mol. The molecule has 4 N–H and O–H groups in total. The lowest BCUT2D eigenvalue weighted by molar-refractivity contribution is 0.00732. The lowest BCUT2D eigenvalue weighted by atomic mass is 9.89. The predicted molar refractivity (Wildman–Crippen MR) is 131 cm³/mol. The van der Waals surface area contributed by atoms with E-state index in [1.807, 2.05) is 6.07 Å². The average molecular weight is 482 g/mol. The fourth-order valence-electron chi connectivity index (χ4n) is 4.95. The molecule has 2 saturated carbocycles. The lowest BCUT2D eigenvalue weighted by Gasteiger charge is -2.35. The van der Waals surface area contributed by atoms with E-state index in [4.69, 9.17) is 4.74 Å². The van der Waals surface area contributed by atoms with E-state index in [0.717, 1.165) is 32.1 Å². The third-order valence-corrected chi connectivity index (χ3v) is 7.05. The Morgan fingerprint density at radius 2 is 2.11 bits per heavy atom. The van der Waals surface area contributed by atoms with Crippen LogP contribution >= 0.6 is 0 Å². The van der Waals surface area contributed by atoms with Crippen molar-refractivity contribution in [2.75, 3.05) is 24.8 Å². The van der Waals surface area contributed by atoms with Gasteiger partial charge in [0.15, 0.2) is 5.65 Å². The number of methoxy groups -OCH3 is 1. The zero-order chi connectivity index (χ0) is 24.5. The maximum Gasteiger partial charge on any atom is 0.274 e. The van der Waals surface area contributed by atoms with Gasteiger partial charge in [-0.05, 0) is 50.7 Å². The van der Waals surface area contributed by atoms with E-state index in [1.54, 1.807) is 41.6 Å². The molecule has 11 heteroatoms. The van der Waals surface area contributed by atoms with Crippen molar-refractivity contribution in [3.63, 3.8) is 0 Å². The van der Waals surface area contributed by atoms with E-state index in [-0.39, 0.29) is 35.8 Å². The van der Waals surface area contributed by atoms with Crippen LogP contribution in [0.4, 0.5) is 17.3 Å². The Morgan fingerprint density at radius 1 is 1.26 bits per heavy atom. The standard InChI is InChI=1S/C24H31N7O4/c1-25-21-12-20(27-18-7-4-10-30(24(18)34)14-5-3-6-15(32)11-14)29-22-16(13-26-31(21)22)23(33)28-17-8-9-19(17)35-2/h4,7,10,12-15,17,19,25,32H,3,5-6,8-9,11H2,1-2H3,(H,27,29)(H,28,33)/t14-,15+,17?,19-/m1/s1. The number of aromatic nitrogens is 4. The number of hydrogen-bond donors (Lipinski definition) is 4. The zero-order valence-corrected chi connectivity index (χ0v) is 19.9. The summed E-state index contributed by atoms with van der Waals surface area (Å²) in [6.45, 7) is 0. The molecule has 0 saturated heterocycles. The van der Waals surface area contributed by atoms with Crippen LogP contribution in [0.3, 0.4) is 0 Å². The Balaban J connectivity index is 1.44. The smallest absolute Gasteiger partial charge is 0.274 e. The first kappa shape index (κ1) is 23.3. The van der Waals surface area contributed by atoms with Gasteiger partial charge in [-0.1, -0.05) is 0 Å². The van der Waals surface area contributed by atoms with Crippen LogP contribution in [-0.2, 0) is 4.74 Å². The average Bonchev–Trinajstić information content (AvgIpc) is 3.27. The minimum atomic E-state index is -0.384. The molecular formula is C24H31N7O4. The van der Waals surface area contributed by atoms with Crippen LogP contribution in [0.25, 0.3) is 5.65 Å². The molecular weight excluding hydrogens is 450 g/mol. The number of aliphatic hydroxyl groups excluding tert-OH is 1. The summed E-state index contributed by atoms with van der Waals surface area (Å²) in [4.78, 5) is 30.8. The van der Waals surface area contributed by atoms with Gasteiger partial charge in [-0.2, -0.15) is 9.61 Å². The van der Waals surface area contributed by atoms with Crippen LogP contribution in [0, 0.1) is 0 Å². The largest absolute Gasteiger partial charge is 0.393 e. The SMILES string of the molecule is CNc1cc(Nc2cccn([C@@H]3CCC[C@H](O)C3)c2=O)nc2c(C(=O)NC3CC[C@H]3OC)cnn12. The van der Waals surface area contributed by atoms with Gasteiger partial charge >= 0.3 is 0 Å². The number of carbonyl (C=O) groups is 1. The summed E-state index contributed by atoms with van der Waals surface area (Å²) in [5, 5.41) is 23.6. The molecule has 4 atom stereocenters. The molecule has 1 unspecified atom stereocenters. The number of ether oxygens (including phenoxy) is 1. The molecule has 186 valence electrons. The van der Waals surface area contributed by atoms with Gasteiger partial charge in [0, 0.05) is 32.5 Å². The first-order valence-corrected chi connectivity index (χ1v) is 12.0. The molecule has 5 rings (SSSR count). The van der Waals surface area contributed by atoms with Gasteiger partial charge in [-0.15, -0.1) is 0 Å². The van der Waals surface area contributed by atoms with Gasteiger partial charge < -0.3 is 30.4 Å². The van der Waals surface area contributed by atoms with E-state index in [9.17, 15) is 14.7 Å². The molecule has 0 radical (unpaired) electrons. The molecule has 3 aromatic heterocycles. The molecule has 35 heavy (non-hydrogen) atoms. The number of fused-ring (bicyclic) bond motifs is 1. The van der Waals surface area contributed by atoms with Crippen molar-refractivity contribution in [1.82, 2.24) is 24.5 Å². The van der Waals surface area contributed by atoms with Crippen LogP contribution in [0.1, 0.15) is 54.9 Å². The summed E-state index contributed by atoms with van der Waals surface area (Å²) in [5.41, 5.74) is 0.904. The minimum Gasteiger partial charge on any atom is -0.393 e. The number of hydrogen-bond acceptors (Lipinski definition) is 8. The highest BCUT2D eigenvalue weighted by Crippen LogP contribution is 2.28. The summed E-state index contributed by atoms with van der Waals surface area (Å²) in [5.74, 6) is 0.756. The molecule has 0 aliphatic heterocycles. The summed E-state index contributed by atoms with van der Waals surface area (Å²) in [6.07, 6.45) is 7.75. The van der Waals surface area contributed by atoms with E-state index in [2.05, 4.69) is 26.0 Å². The van der Waals surface area contributed by atoms with Crippen molar-refractivity contribution in [2.24, 2.45) is 0 Å². The Hall–Kier alpha value is -3.44. The quantitative estimate of drug-likeness (QED) is 0.403. The fourth-order valence-corrected chi connectivity index (χ4v) is 4.95. The third kappa shape index (κ3) is 4.48. The first-order valence-electron chi connectivity index (χ1n) is 12.0. The second-order valence-corrected chi connectivity index (χ2v) is 9.24. The second kappa shape index (κ2) is 9.67. The summed E-state index contributed by atoms with van der Waals surface area (Å²) >= 11 is 0. The number of carbonyl (C=O) groups excluding carboxylic acids is 1. The maximum atomic E-state index is 13.2. The molecule has 0 aromatic carbocycles. The van der Waals surface area contributed by atoms with Crippen LogP contribution in [-0.4, -0.2) is 62.6 Å². The van der Waals surface area contributed by atoms with E-state index in [1.165, 1.54) is 6.20 Å². The van der Waals surface area contributed by atoms with E-state index in [0.29, 0.717) is 35.0 Å². The summed E-state index contributed by atoms with van der Waals surface area (Å²) in [6, 6.07) is 5.17. The topological polar surface area (TPSA) is 135 Å². The summed E-state index contributed by atoms with van der Waals surface area (Å²) < 4.78 is 8.62. The van der Waals surface area contributed by atoms with E-state index < -0.39 is 0 Å². The van der Waals surface area contributed by atoms with Crippen LogP contribution in [0.15, 0.2) is 35.4 Å². The Labute approximate surface area is 202 Å². The molecule has 2 aliphatic carbocycles. The highest BCUT2D eigenvalue weighted by Gasteiger charge is 2.33. The zero-order valence-electron chi connectivity index (χ0n) is 19.9. The van der Waals surface area contributed by atoms with Gasteiger partial charge in [-0.3, -0.25) is 9.59 Å². The lowest BCUT2D eigenvalue weighted by Crippen LogP contribution is -2.51. The molecule has 3 heterocycles. The second-order valence-electron chi connectivity index (χ2n) is 9.24. The van der Waals surface area contributed by atoms with Crippen LogP contribution in [0.5, 0.6) is 0 Å². The van der Waals surface area contributed by atoms with Gasteiger partial charge in [0.2, 0.25) is 0 Å². The van der Waals surface area contributed by atoms with Crippen molar-refractivity contribution in [1.29, 1.82) is 0 Å². The number of nitrogens with one attached hydrogen (secondary N) is 3. The highest BCUT2D eigenvalue weighted by atomic mass is 16.5. The molecule has 3 aromatic rings. The number of aliphatic hydroxyl groups is 1. The Morgan fingerprint density at radius 3 is 2.83 bits per heavy atom. The predicted octanol–water partition coefficient (Wildman–Crippen LogP) is 2.06. The van der Waals surface area contributed by atoms with Gasteiger partial charge in [0.05, 0.1) is 24.4 Å². The fraction of sp³-hybridized carbons (Fsp3) is 0.500. The molecule has 1 amide bonds.